The summed E-state index contributed by atoms with van der Waals surface area (Å²) in [5.41, 5.74) is 1.11. The fourth-order valence-corrected chi connectivity index (χ4v) is 6.88. The van der Waals surface area contributed by atoms with E-state index in [1.54, 1.807) is 0 Å². The minimum absolute atomic E-state index is 0.0966. The summed E-state index contributed by atoms with van der Waals surface area (Å²) in [6, 6.07) is 10.5. The largest absolute Gasteiger partial charge is 0.342 e. The van der Waals surface area contributed by atoms with E-state index >= 15 is 0 Å². The van der Waals surface area contributed by atoms with E-state index in [1.807, 2.05) is 11.8 Å². The van der Waals surface area contributed by atoms with Gasteiger partial charge in [-0.05, 0) is 81.1 Å². The van der Waals surface area contributed by atoms with Crippen LogP contribution in [0.15, 0.2) is 30.3 Å². The molecule has 5 rings (SSSR count). The molecular formula is C26H36FN3O3. The van der Waals surface area contributed by atoms with E-state index in [4.69, 9.17) is 4.74 Å². The number of ether oxygens (including phenoxy) is 1. The van der Waals surface area contributed by atoms with Crippen molar-refractivity contribution in [1.29, 1.82) is 0 Å². The number of benzene rings is 1. The Bertz CT molecular complexity index is 873. The number of carbonyl (C=O) groups excluding carboxylic acids is 2. The monoisotopic (exact) mass is 457 g/mol. The van der Waals surface area contributed by atoms with E-state index in [-0.39, 0.29) is 18.7 Å². The number of alkyl halides is 1. The first-order chi connectivity index (χ1) is 16.0. The highest BCUT2D eigenvalue weighted by atomic mass is 19.1. The predicted octanol–water partition coefficient (Wildman–Crippen LogP) is 4.12. The van der Waals surface area contributed by atoms with Gasteiger partial charge in [-0.3, -0.25) is 4.79 Å². The van der Waals surface area contributed by atoms with Crippen molar-refractivity contribution in [2.45, 2.75) is 82.1 Å². The molecule has 7 heteroatoms. The van der Waals surface area contributed by atoms with E-state index < -0.39 is 17.8 Å². The molecule has 2 spiro atoms. The second-order valence-electron chi connectivity index (χ2n) is 10.6. The number of nitrogens with one attached hydrogen (secondary N) is 2. The van der Waals surface area contributed by atoms with Gasteiger partial charge in [0.25, 0.3) is 12.3 Å². The summed E-state index contributed by atoms with van der Waals surface area (Å²) >= 11 is 0. The zero-order valence-electron chi connectivity index (χ0n) is 19.5. The second kappa shape index (κ2) is 8.90. The van der Waals surface area contributed by atoms with Gasteiger partial charge in [-0.1, -0.05) is 30.3 Å². The minimum Gasteiger partial charge on any atom is -0.342 e. The molecule has 1 aromatic carbocycles. The summed E-state index contributed by atoms with van der Waals surface area (Å²) in [5.74, 6) is 0.461. The third kappa shape index (κ3) is 4.25. The van der Waals surface area contributed by atoms with Crippen LogP contribution in [0, 0.1) is 11.3 Å². The number of halogens is 1. The van der Waals surface area contributed by atoms with Gasteiger partial charge in [-0.25, -0.2) is 9.18 Å². The van der Waals surface area contributed by atoms with Gasteiger partial charge in [-0.15, -0.1) is 0 Å². The number of hydrogen-bond acceptors (Lipinski definition) is 3. The van der Waals surface area contributed by atoms with Crippen molar-refractivity contribution in [2.75, 3.05) is 19.7 Å². The van der Waals surface area contributed by atoms with Crippen molar-refractivity contribution >= 4 is 11.9 Å². The summed E-state index contributed by atoms with van der Waals surface area (Å²) in [4.78, 5) is 27.1. The Morgan fingerprint density at radius 3 is 2.70 bits per heavy atom. The molecule has 4 aliphatic rings. The molecule has 2 N–H and O–H groups in total. The smallest absolute Gasteiger partial charge is 0.317 e. The molecule has 180 valence electrons. The summed E-state index contributed by atoms with van der Waals surface area (Å²) in [7, 11) is 0. The van der Waals surface area contributed by atoms with Gasteiger partial charge in [0, 0.05) is 13.1 Å². The maximum Gasteiger partial charge on any atom is 0.317 e. The zero-order valence-corrected chi connectivity index (χ0v) is 19.5. The van der Waals surface area contributed by atoms with E-state index in [1.165, 1.54) is 37.7 Å². The standard InChI is InChI=1S/C26H36FN3O3/c1-2-28-24(32)30-14-6-11-26(17-33-22(27)23(31)29-26)21(30)15-20-16-25(20)12-9-19(10-13-25)18-7-4-3-5-8-18/h3-5,7-8,19-22H,2,6,9-17H2,1H3,(H,28,32)(H,29,31). The third-order valence-electron chi connectivity index (χ3n) is 8.81. The highest BCUT2D eigenvalue weighted by Crippen LogP contribution is 2.65. The van der Waals surface area contributed by atoms with E-state index in [9.17, 15) is 14.0 Å². The Morgan fingerprint density at radius 1 is 1.24 bits per heavy atom. The highest BCUT2D eigenvalue weighted by molar-refractivity contribution is 5.81. The SMILES string of the molecule is CCNC(=O)N1CCCC2(COC(F)C(=O)N2)C1CC1CC12CCC(c1ccccc1)CC2. The molecule has 0 radical (unpaired) electrons. The Hall–Kier alpha value is -2.15. The lowest BCUT2D eigenvalue weighted by Crippen LogP contribution is -2.72. The number of morpholine rings is 1. The maximum atomic E-state index is 13.8. The molecule has 2 saturated carbocycles. The number of nitrogens with zero attached hydrogens (tertiary/aromatic N) is 1. The minimum atomic E-state index is -1.92. The Labute approximate surface area is 195 Å². The van der Waals surface area contributed by atoms with E-state index in [0.717, 1.165) is 12.8 Å². The van der Waals surface area contributed by atoms with Gasteiger partial charge >= 0.3 is 6.03 Å². The lowest BCUT2D eigenvalue weighted by atomic mass is 9.73. The number of amides is 3. The lowest BCUT2D eigenvalue weighted by molar-refractivity contribution is -0.169. The third-order valence-corrected chi connectivity index (χ3v) is 8.81. The van der Waals surface area contributed by atoms with Gasteiger partial charge in [-0.2, -0.15) is 0 Å². The number of urea groups is 1. The number of likely N-dealkylation sites (tertiary alicyclic amines) is 1. The molecule has 4 fully saturated rings. The van der Waals surface area contributed by atoms with Crippen LogP contribution in [-0.4, -0.2) is 54.5 Å². The van der Waals surface area contributed by atoms with Gasteiger partial charge < -0.3 is 20.3 Å². The van der Waals surface area contributed by atoms with Crippen LogP contribution in [0.1, 0.15) is 69.8 Å². The molecule has 6 nitrogen and oxygen atoms in total. The van der Waals surface area contributed by atoms with Crippen LogP contribution in [0.3, 0.4) is 0 Å². The normalized spacial score (nSPS) is 38.2. The predicted molar refractivity (Wildman–Crippen MR) is 123 cm³/mol. The summed E-state index contributed by atoms with van der Waals surface area (Å²) < 4.78 is 19.1. The van der Waals surface area contributed by atoms with Crippen LogP contribution in [0.25, 0.3) is 0 Å². The molecule has 2 saturated heterocycles. The fraction of sp³-hybridized carbons (Fsp3) is 0.692. The van der Waals surface area contributed by atoms with Crippen molar-refractivity contribution in [3.63, 3.8) is 0 Å². The van der Waals surface area contributed by atoms with Crippen molar-refractivity contribution in [2.24, 2.45) is 11.3 Å². The average molecular weight is 458 g/mol. The fourth-order valence-electron chi connectivity index (χ4n) is 6.88. The highest BCUT2D eigenvalue weighted by Gasteiger charge is 2.59. The van der Waals surface area contributed by atoms with Gasteiger partial charge in [0.15, 0.2) is 0 Å². The Morgan fingerprint density at radius 2 is 2.00 bits per heavy atom. The van der Waals surface area contributed by atoms with Crippen molar-refractivity contribution in [3.8, 4) is 0 Å². The van der Waals surface area contributed by atoms with Crippen LogP contribution < -0.4 is 10.6 Å². The van der Waals surface area contributed by atoms with Crippen LogP contribution >= 0.6 is 0 Å². The maximum absolute atomic E-state index is 13.8. The average Bonchev–Trinajstić information content (AvgIpc) is 3.50. The molecule has 4 atom stereocenters. The molecule has 0 aromatic heterocycles. The van der Waals surface area contributed by atoms with Crippen LogP contribution in [0.4, 0.5) is 9.18 Å². The molecule has 2 aliphatic carbocycles. The van der Waals surface area contributed by atoms with Crippen molar-refractivity contribution < 1.29 is 18.7 Å². The van der Waals surface area contributed by atoms with Gasteiger partial charge in [0.05, 0.1) is 18.2 Å². The molecule has 3 amide bonds. The first-order valence-corrected chi connectivity index (χ1v) is 12.6. The molecular weight excluding hydrogens is 421 g/mol. The van der Waals surface area contributed by atoms with E-state index in [0.29, 0.717) is 36.8 Å². The van der Waals surface area contributed by atoms with Crippen molar-refractivity contribution in [3.05, 3.63) is 35.9 Å². The van der Waals surface area contributed by atoms with Crippen LogP contribution in [0.5, 0.6) is 0 Å². The first-order valence-electron chi connectivity index (χ1n) is 12.6. The molecule has 2 aliphatic heterocycles. The van der Waals surface area contributed by atoms with Gasteiger partial charge in [0.1, 0.15) is 0 Å². The van der Waals surface area contributed by atoms with Gasteiger partial charge in [0.2, 0.25) is 0 Å². The summed E-state index contributed by atoms with van der Waals surface area (Å²) in [6.07, 6.45) is 6.43. The first kappa shape index (κ1) is 22.6. The lowest BCUT2D eigenvalue weighted by Gasteiger charge is -2.52. The Kier molecular flexibility index (Phi) is 6.10. The number of hydrogen-bond donors (Lipinski definition) is 2. The molecule has 1 aromatic rings. The number of carbonyl (C=O) groups is 2. The second-order valence-corrected chi connectivity index (χ2v) is 10.6. The van der Waals surface area contributed by atoms with Crippen LogP contribution in [0.2, 0.25) is 0 Å². The molecule has 4 unspecified atom stereocenters. The topological polar surface area (TPSA) is 70.7 Å². The summed E-state index contributed by atoms with van der Waals surface area (Å²) in [6.45, 7) is 3.24. The number of piperidine rings is 1. The summed E-state index contributed by atoms with van der Waals surface area (Å²) in [5, 5.41) is 5.89. The number of rotatable bonds is 4. The Balaban J connectivity index is 1.30. The quantitative estimate of drug-likeness (QED) is 0.715. The van der Waals surface area contributed by atoms with Crippen LogP contribution in [-0.2, 0) is 9.53 Å². The molecule has 2 heterocycles. The van der Waals surface area contributed by atoms with E-state index in [2.05, 4.69) is 41.0 Å². The molecule has 33 heavy (non-hydrogen) atoms. The van der Waals surface area contributed by atoms with Crippen molar-refractivity contribution in [1.82, 2.24) is 15.5 Å². The molecule has 0 bridgehead atoms. The zero-order chi connectivity index (χ0) is 23.1.